The van der Waals surface area contributed by atoms with Crippen molar-refractivity contribution in [1.29, 1.82) is 0 Å². The first-order chi connectivity index (χ1) is 17.3. The van der Waals surface area contributed by atoms with Gasteiger partial charge in [-0.15, -0.1) is 0 Å². The molecule has 164 valence electrons. The van der Waals surface area contributed by atoms with Crippen molar-refractivity contribution in [2.45, 2.75) is 0 Å². The van der Waals surface area contributed by atoms with Crippen LogP contribution in [0.15, 0.2) is 140 Å². The lowest BCUT2D eigenvalue weighted by Crippen LogP contribution is -2.09. The summed E-state index contributed by atoms with van der Waals surface area (Å²) in [4.78, 5) is 2.24. The van der Waals surface area contributed by atoms with Crippen LogP contribution in [0.4, 0.5) is 17.1 Å². The highest BCUT2D eigenvalue weighted by molar-refractivity contribution is 5.76. The van der Waals surface area contributed by atoms with Gasteiger partial charge in [0, 0.05) is 39.3 Å². The fourth-order valence-electron chi connectivity index (χ4n) is 3.74. The van der Waals surface area contributed by atoms with Crippen LogP contribution < -0.4 is 4.90 Å². The molecule has 0 unspecified atom stereocenters. The summed E-state index contributed by atoms with van der Waals surface area (Å²) in [6, 6.07) is 47.2. The minimum Gasteiger partial charge on any atom is -0.311 e. The summed E-state index contributed by atoms with van der Waals surface area (Å²) >= 11 is 0. The van der Waals surface area contributed by atoms with E-state index in [1.165, 1.54) is 0 Å². The Morgan fingerprint density at radius 2 is 0.571 bits per heavy atom. The lowest BCUT2D eigenvalue weighted by Gasteiger charge is -2.25. The first-order valence-electron chi connectivity index (χ1n) is 11.5. The van der Waals surface area contributed by atoms with Gasteiger partial charge in [0.15, 0.2) is 0 Å². The Kier molecular flexibility index (Phi) is 6.71. The Morgan fingerprint density at radius 3 is 0.971 bits per heavy atom. The molecule has 0 heterocycles. The fraction of sp³-hybridized carbons (Fsp3) is 0. The molecule has 0 radical (unpaired) electrons. The topological polar surface area (TPSA) is 3.24 Å². The summed E-state index contributed by atoms with van der Waals surface area (Å²) < 4.78 is 0. The van der Waals surface area contributed by atoms with Gasteiger partial charge in [-0.2, -0.15) is 0 Å². The van der Waals surface area contributed by atoms with E-state index in [-0.39, 0.29) is 0 Å². The second-order valence-corrected chi connectivity index (χ2v) is 8.00. The molecule has 5 rings (SSSR count). The minimum absolute atomic E-state index is 0.967. The van der Waals surface area contributed by atoms with Gasteiger partial charge < -0.3 is 4.90 Å². The van der Waals surface area contributed by atoms with Crippen molar-refractivity contribution in [2.75, 3.05) is 4.90 Å². The van der Waals surface area contributed by atoms with E-state index in [2.05, 4.69) is 101 Å². The molecule has 0 aromatic heterocycles. The van der Waals surface area contributed by atoms with Crippen LogP contribution in [0.5, 0.6) is 0 Å². The molecule has 1 heteroatoms. The Balaban J connectivity index is 1.33. The van der Waals surface area contributed by atoms with Crippen LogP contribution in [0, 0.1) is 23.7 Å². The van der Waals surface area contributed by atoms with E-state index in [9.17, 15) is 0 Å². The van der Waals surface area contributed by atoms with Crippen LogP contribution in [0.3, 0.4) is 0 Å². The predicted octanol–water partition coefficient (Wildman–Crippen LogP) is 7.96. The van der Waals surface area contributed by atoms with Crippen LogP contribution in [0.2, 0.25) is 0 Å². The molecule has 5 aromatic carbocycles. The summed E-state index contributed by atoms with van der Waals surface area (Å²) in [6.07, 6.45) is 0. The molecule has 0 aliphatic carbocycles. The first-order valence-corrected chi connectivity index (χ1v) is 11.5. The highest BCUT2D eigenvalue weighted by Gasteiger charge is 2.11. The van der Waals surface area contributed by atoms with Crippen LogP contribution in [-0.2, 0) is 0 Å². The zero-order chi connectivity index (χ0) is 23.7. The van der Waals surface area contributed by atoms with Crippen molar-refractivity contribution < 1.29 is 0 Å². The van der Waals surface area contributed by atoms with Crippen molar-refractivity contribution in [3.8, 4) is 23.7 Å². The van der Waals surface area contributed by atoms with Gasteiger partial charge in [-0.25, -0.2) is 0 Å². The van der Waals surface area contributed by atoms with Crippen molar-refractivity contribution in [3.63, 3.8) is 0 Å². The standard InChI is InChI=1S/C34H23N/c1-4-10-28(11-5-1)16-17-29-18-20-30(21-19-29)22-23-31-24-26-34(27-25-31)35(32-12-6-2-7-13-32)33-14-8-3-9-15-33/h1-15,18-21,24-27H. The third kappa shape index (κ3) is 5.69. The number of anilines is 3. The second kappa shape index (κ2) is 10.8. The maximum Gasteiger partial charge on any atom is 0.0462 e. The number of hydrogen-bond acceptors (Lipinski definition) is 1. The first kappa shape index (κ1) is 21.8. The molecule has 35 heavy (non-hydrogen) atoms. The molecule has 0 N–H and O–H groups in total. The summed E-state index contributed by atoms with van der Waals surface area (Å²) in [5.41, 5.74) is 7.26. The third-order valence-corrected chi connectivity index (χ3v) is 5.52. The van der Waals surface area contributed by atoms with Gasteiger partial charge in [0.2, 0.25) is 0 Å². The van der Waals surface area contributed by atoms with Gasteiger partial charge >= 0.3 is 0 Å². The molecule has 0 aliphatic rings. The summed E-state index contributed by atoms with van der Waals surface area (Å²) in [6.45, 7) is 0. The molecular formula is C34H23N. The molecule has 0 saturated heterocycles. The molecule has 0 atom stereocenters. The van der Waals surface area contributed by atoms with E-state index in [1.54, 1.807) is 0 Å². The molecule has 0 amide bonds. The van der Waals surface area contributed by atoms with Crippen molar-refractivity contribution in [1.82, 2.24) is 0 Å². The molecular weight excluding hydrogens is 422 g/mol. The van der Waals surface area contributed by atoms with Gasteiger partial charge in [0.1, 0.15) is 0 Å². The van der Waals surface area contributed by atoms with Gasteiger partial charge in [-0.3, -0.25) is 0 Å². The van der Waals surface area contributed by atoms with E-state index in [4.69, 9.17) is 0 Å². The van der Waals surface area contributed by atoms with Crippen LogP contribution in [0.25, 0.3) is 0 Å². The smallest absolute Gasteiger partial charge is 0.0462 e. The highest BCUT2D eigenvalue weighted by atomic mass is 15.1. The molecule has 1 nitrogen and oxygen atoms in total. The van der Waals surface area contributed by atoms with E-state index in [0.717, 1.165) is 39.3 Å². The number of nitrogens with zero attached hydrogens (tertiary/aromatic N) is 1. The zero-order valence-corrected chi connectivity index (χ0v) is 19.2. The molecule has 0 fully saturated rings. The van der Waals surface area contributed by atoms with E-state index in [1.807, 2.05) is 66.7 Å². The summed E-state index contributed by atoms with van der Waals surface area (Å²) in [5.74, 6) is 12.9. The maximum atomic E-state index is 3.28. The number of benzene rings is 5. The van der Waals surface area contributed by atoms with Crippen molar-refractivity contribution in [3.05, 3.63) is 162 Å². The number of para-hydroxylation sites is 2. The van der Waals surface area contributed by atoms with Crippen LogP contribution >= 0.6 is 0 Å². The quantitative estimate of drug-likeness (QED) is 0.255. The predicted molar refractivity (Wildman–Crippen MR) is 146 cm³/mol. The molecule has 0 aliphatic heterocycles. The molecule has 0 bridgehead atoms. The average molecular weight is 446 g/mol. The monoisotopic (exact) mass is 445 g/mol. The highest BCUT2D eigenvalue weighted by Crippen LogP contribution is 2.33. The molecule has 0 spiro atoms. The minimum atomic E-state index is 0.967. The Bertz CT molecular complexity index is 1460. The number of hydrogen-bond donors (Lipinski definition) is 0. The van der Waals surface area contributed by atoms with Crippen LogP contribution in [-0.4, -0.2) is 0 Å². The fourth-order valence-corrected chi connectivity index (χ4v) is 3.74. The SMILES string of the molecule is C(#Cc1ccc(C#Cc2ccc(N(c3ccccc3)c3ccccc3)cc2)cc1)c1ccccc1. The Labute approximate surface area is 207 Å². The second-order valence-electron chi connectivity index (χ2n) is 8.00. The molecule has 0 saturated carbocycles. The van der Waals surface area contributed by atoms with E-state index < -0.39 is 0 Å². The summed E-state index contributed by atoms with van der Waals surface area (Å²) in [5, 5.41) is 0. The van der Waals surface area contributed by atoms with Crippen LogP contribution in [0.1, 0.15) is 22.3 Å². The maximum absolute atomic E-state index is 3.28. The zero-order valence-electron chi connectivity index (χ0n) is 19.2. The summed E-state index contributed by atoms with van der Waals surface area (Å²) in [7, 11) is 0. The van der Waals surface area contributed by atoms with E-state index >= 15 is 0 Å². The lowest BCUT2D eigenvalue weighted by molar-refractivity contribution is 1.28. The third-order valence-electron chi connectivity index (χ3n) is 5.52. The molecule has 5 aromatic rings. The Morgan fingerprint density at radius 1 is 0.286 bits per heavy atom. The normalized spacial score (nSPS) is 9.83. The lowest BCUT2D eigenvalue weighted by atomic mass is 10.1. The van der Waals surface area contributed by atoms with E-state index in [0.29, 0.717) is 0 Å². The van der Waals surface area contributed by atoms with Gasteiger partial charge in [0.05, 0.1) is 0 Å². The largest absolute Gasteiger partial charge is 0.311 e. The van der Waals surface area contributed by atoms with Gasteiger partial charge in [-0.1, -0.05) is 78.3 Å². The van der Waals surface area contributed by atoms with Crippen molar-refractivity contribution in [2.24, 2.45) is 0 Å². The van der Waals surface area contributed by atoms with Gasteiger partial charge in [-0.05, 0) is 84.9 Å². The average Bonchev–Trinajstić information content (AvgIpc) is 2.94. The van der Waals surface area contributed by atoms with Crippen molar-refractivity contribution >= 4 is 17.1 Å². The number of rotatable bonds is 3. The van der Waals surface area contributed by atoms with Gasteiger partial charge in [0.25, 0.3) is 0 Å². The Hall–Kier alpha value is -4.98.